The molecule has 0 aliphatic carbocycles. The number of amides is 2. The molecule has 104 valence electrons. The van der Waals surface area contributed by atoms with E-state index in [4.69, 9.17) is 4.42 Å². The normalized spacial score (nSPS) is 15.7. The maximum atomic E-state index is 12.4. The van der Waals surface area contributed by atoms with E-state index in [1.165, 1.54) is 0 Å². The number of halogens is 1. The molecule has 3 rings (SSSR count). The fourth-order valence-corrected chi connectivity index (χ4v) is 2.78. The Balaban J connectivity index is 1.82. The summed E-state index contributed by atoms with van der Waals surface area (Å²) in [7, 11) is 0. The van der Waals surface area contributed by atoms with Crippen LogP contribution in [-0.2, 0) is 4.79 Å². The second-order valence-electron chi connectivity index (χ2n) is 4.70. The number of carbonyl (C=O) groups is 2. The van der Waals surface area contributed by atoms with Crippen molar-refractivity contribution >= 4 is 39.2 Å². The average Bonchev–Trinajstić information content (AvgIpc) is 2.92. The van der Waals surface area contributed by atoms with Gasteiger partial charge in [0.2, 0.25) is 6.41 Å². The van der Waals surface area contributed by atoms with Crippen molar-refractivity contribution in [2.75, 3.05) is 26.2 Å². The second-order valence-corrected chi connectivity index (χ2v) is 5.55. The molecule has 6 heteroatoms. The maximum Gasteiger partial charge on any atom is 0.289 e. The molecule has 2 amide bonds. The van der Waals surface area contributed by atoms with Crippen LogP contribution in [0.15, 0.2) is 33.2 Å². The number of furan rings is 1. The van der Waals surface area contributed by atoms with Crippen LogP contribution in [0.2, 0.25) is 0 Å². The number of carbonyl (C=O) groups excluding carboxylic acids is 2. The van der Waals surface area contributed by atoms with Gasteiger partial charge in [-0.05, 0) is 18.2 Å². The molecule has 1 aromatic heterocycles. The van der Waals surface area contributed by atoms with Gasteiger partial charge in [0.25, 0.3) is 5.91 Å². The molecule has 1 aromatic carbocycles. The molecule has 0 N–H and O–H groups in total. The quantitative estimate of drug-likeness (QED) is 0.789. The summed E-state index contributed by atoms with van der Waals surface area (Å²) in [5.74, 6) is 0.213. The van der Waals surface area contributed by atoms with Gasteiger partial charge in [-0.3, -0.25) is 9.59 Å². The van der Waals surface area contributed by atoms with E-state index in [1.54, 1.807) is 15.9 Å². The first-order chi connectivity index (χ1) is 9.69. The third-order valence-electron chi connectivity index (χ3n) is 3.47. The van der Waals surface area contributed by atoms with Gasteiger partial charge in [-0.1, -0.05) is 22.0 Å². The van der Waals surface area contributed by atoms with Crippen molar-refractivity contribution < 1.29 is 14.0 Å². The average molecular weight is 337 g/mol. The molecule has 5 nitrogen and oxygen atoms in total. The minimum absolute atomic E-state index is 0.126. The van der Waals surface area contributed by atoms with Gasteiger partial charge in [0.05, 0.1) is 0 Å². The summed E-state index contributed by atoms with van der Waals surface area (Å²) in [6.07, 6.45) is 0.820. The molecular formula is C14H13BrN2O3. The van der Waals surface area contributed by atoms with Crippen molar-refractivity contribution in [1.82, 2.24) is 9.80 Å². The summed E-state index contributed by atoms with van der Waals surface area (Å²) < 4.78 is 6.52. The Kier molecular flexibility index (Phi) is 3.48. The van der Waals surface area contributed by atoms with E-state index < -0.39 is 0 Å². The Hall–Kier alpha value is -1.82. The van der Waals surface area contributed by atoms with E-state index in [1.807, 2.05) is 18.2 Å². The van der Waals surface area contributed by atoms with E-state index in [2.05, 4.69) is 15.9 Å². The Morgan fingerprint density at radius 3 is 2.65 bits per heavy atom. The van der Waals surface area contributed by atoms with Gasteiger partial charge in [-0.15, -0.1) is 0 Å². The van der Waals surface area contributed by atoms with Crippen LogP contribution < -0.4 is 0 Å². The molecule has 0 radical (unpaired) electrons. The first-order valence-electron chi connectivity index (χ1n) is 6.36. The number of benzene rings is 1. The standard InChI is InChI=1S/C14H13BrN2O3/c15-11-2-1-3-12-10(11)8-13(20-12)14(19)17-6-4-16(9-18)5-7-17/h1-3,8-9H,4-7H2. The van der Waals surface area contributed by atoms with E-state index in [9.17, 15) is 9.59 Å². The summed E-state index contributed by atoms with van der Waals surface area (Å²) in [4.78, 5) is 26.4. The molecular weight excluding hydrogens is 324 g/mol. The highest BCUT2D eigenvalue weighted by Crippen LogP contribution is 2.27. The molecule has 20 heavy (non-hydrogen) atoms. The first kappa shape index (κ1) is 13.2. The topological polar surface area (TPSA) is 53.8 Å². The largest absolute Gasteiger partial charge is 0.451 e. The minimum atomic E-state index is -0.126. The highest BCUT2D eigenvalue weighted by atomic mass is 79.9. The fraction of sp³-hybridized carbons (Fsp3) is 0.286. The molecule has 1 aliphatic heterocycles. The predicted molar refractivity (Wildman–Crippen MR) is 77.5 cm³/mol. The van der Waals surface area contributed by atoms with E-state index in [0.29, 0.717) is 37.5 Å². The lowest BCUT2D eigenvalue weighted by Gasteiger charge is -2.31. The van der Waals surface area contributed by atoms with E-state index in [0.717, 1.165) is 16.3 Å². The van der Waals surface area contributed by atoms with Gasteiger partial charge >= 0.3 is 0 Å². The highest BCUT2D eigenvalue weighted by Gasteiger charge is 2.24. The SMILES string of the molecule is O=CN1CCN(C(=O)c2cc3c(Br)cccc3o2)CC1. The summed E-state index contributed by atoms with van der Waals surface area (Å²) in [6.45, 7) is 2.21. The van der Waals surface area contributed by atoms with Gasteiger partial charge in [0, 0.05) is 36.0 Å². The van der Waals surface area contributed by atoms with Crippen molar-refractivity contribution in [2.24, 2.45) is 0 Å². The minimum Gasteiger partial charge on any atom is -0.451 e. The summed E-state index contributed by atoms with van der Waals surface area (Å²) in [5.41, 5.74) is 0.689. The molecule has 0 unspecified atom stereocenters. The Bertz CT molecular complexity index is 659. The summed E-state index contributed by atoms with van der Waals surface area (Å²) in [6, 6.07) is 7.37. The van der Waals surface area contributed by atoms with Gasteiger partial charge in [-0.2, -0.15) is 0 Å². The van der Waals surface area contributed by atoms with Crippen molar-refractivity contribution in [3.8, 4) is 0 Å². The number of rotatable bonds is 2. The van der Waals surface area contributed by atoms with Crippen molar-refractivity contribution in [1.29, 1.82) is 0 Å². The third kappa shape index (κ3) is 2.31. The molecule has 2 heterocycles. The lowest BCUT2D eigenvalue weighted by molar-refractivity contribution is -0.119. The predicted octanol–water partition coefficient (Wildman–Crippen LogP) is 2.11. The van der Waals surface area contributed by atoms with Crippen LogP contribution in [0.5, 0.6) is 0 Å². The second kappa shape index (κ2) is 5.28. The van der Waals surface area contributed by atoms with Crippen LogP contribution in [0, 0.1) is 0 Å². The van der Waals surface area contributed by atoms with E-state index >= 15 is 0 Å². The maximum absolute atomic E-state index is 12.4. The number of piperazine rings is 1. The molecule has 0 spiro atoms. The number of hydrogen-bond donors (Lipinski definition) is 0. The Morgan fingerprint density at radius 1 is 1.25 bits per heavy atom. The monoisotopic (exact) mass is 336 g/mol. The highest BCUT2D eigenvalue weighted by molar-refractivity contribution is 9.10. The van der Waals surface area contributed by atoms with Crippen LogP contribution in [0.3, 0.4) is 0 Å². The van der Waals surface area contributed by atoms with Crippen LogP contribution >= 0.6 is 15.9 Å². The van der Waals surface area contributed by atoms with Gasteiger partial charge in [0.1, 0.15) is 5.58 Å². The van der Waals surface area contributed by atoms with Crippen LogP contribution in [0.1, 0.15) is 10.6 Å². The fourth-order valence-electron chi connectivity index (χ4n) is 2.32. The van der Waals surface area contributed by atoms with Crippen molar-refractivity contribution in [2.45, 2.75) is 0 Å². The summed E-state index contributed by atoms with van der Waals surface area (Å²) in [5, 5.41) is 0.891. The van der Waals surface area contributed by atoms with Crippen molar-refractivity contribution in [3.05, 3.63) is 34.5 Å². The van der Waals surface area contributed by atoms with Gasteiger partial charge < -0.3 is 14.2 Å². The first-order valence-corrected chi connectivity index (χ1v) is 7.15. The van der Waals surface area contributed by atoms with Crippen LogP contribution in [0.25, 0.3) is 11.0 Å². The molecule has 0 bridgehead atoms. The number of hydrogen-bond acceptors (Lipinski definition) is 3. The number of nitrogens with zero attached hydrogens (tertiary/aromatic N) is 2. The lowest BCUT2D eigenvalue weighted by atomic mass is 10.2. The van der Waals surface area contributed by atoms with Crippen LogP contribution in [-0.4, -0.2) is 48.3 Å². The molecule has 2 aromatic rings. The Labute approximate surface area is 124 Å². The molecule has 1 aliphatic rings. The van der Waals surface area contributed by atoms with Gasteiger partial charge in [0.15, 0.2) is 5.76 Å². The Morgan fingerprint density at radius 2 is 2.00 bits per heavy atom. The number of fused-ring (bicyclic) bond motifs is 1. The third-order valence-corrected chi connectivity index (χ3v) is 4.16. The zero-order valence-corrected chi connectivity index (χ0v) is 12.3. The van der Waals surface area contributed by atoms with Crippen molar-refractivity contribution in [3.63, 3.8) is 0 Å². The van der Waals surface area contributed by atoms with E-state index in [-0.39, 0.29) is 5.91 Å². The summed E-state index contributed by atoms with van der Waals surface area (Å²) >= 11 is 3.44. The molecule has 0 saturated carbocycles. The van der Waals surface area contributed by atoms with Crippen LogP contribution in [0.4, 0.5) is 0 Å². The zero-order valence-electron chi connectivity index (χ0n) is 10.7. The smallest absolute Gasteiger partial charge is 0.289 e. The lowest BCUT2D eigenvalue weighted by Crippen LogP contribution is -2.48. The molecule has 0 atom stereocenters. The molecule has 1 saturated heterocycles. The zero-order chi connectivity index (χ0) is 14.1. The molecule has 1 fully saturated rings. The van der Waals surface area contributed by atoms with Gasteiger partial charge in [-0.25, -0.2) is 0 Å².